The summed E-state index contributed by atoms with van der Waals surface area (Å²) in [5, 5.41) is 6.44. The lowest BCUT2D eigenvalue weighted by Crippen LogP contribution is -2.13. The van der Waals surface area contributed by atoms with Crippen LogP contribution in [0.2, 0.25) is 0 Å². The van der Waals surface area contributed by atoms with Crippen molar-refractivity contribution < 1.29 is 9.53 Å². The van der Waals surface area contributed by atoms with Gasteiger partial charge in [-0.05, 0) is 60.7 Å². The number of carbonyl (C=O) groups excluding carboxylic acids is 1. The van der Waals surface area contributed by atoms with Crippen molar-refractivity contribution in [3.63, 3.8) is 0 Å². The topological polar surface area (TPSA) is 50.4 Å². The maximum atomic E-state index is 12.4. The lowest BCUT2D eigenvalue weighted by atomic mass is 10.1. The number of hydrogen-bond acceptors (Lipinski definition) is 3. The molecule has 2 N–H and O–H groups in total. The summed E-state index contributed by atoms with van der Waals surface area (Å²) in [6.45, 7) is 1.54. The quantitative estimate of drug-likeness (QED) is 0.770. The maximum absolute atomic E-state index is 12.4. The molecule has 2 aromatic carbocycles. The highest BCUT2D eigenvalue weighted by Gasteiger charge is 2.14. The lowest BCUT2D eigenvalue weighted by molar-refractivity contribution is 0.102. The molecule has 1 amide bonds. The van der Waals surface area contributed by atoms with Crippen molar-refractivity contribution in [3.05, 3.63) is 59.7 Å². The van der Waals surface area contributed by atoms with E-state index in [9.17, 15) is 4.79 Å². The fourth-order valence-electron chi connectivity index (χ4n) is 3.32. The van der Waals surface area contributed by atoms with E-state index >= 15 is 0 Å². The second-order valence-electron chi connectivity index (χ2n) is 6.70. The van der Waals surface area contributed by atoms with E-state index in [1.807, 2.05) is 48.5 Å². The fourth-order valence-corrected chi connectivity index (χ4v) is 3.32. The van der Waals surface area contributed by atoms with Crippen molar-refractivity contribution in [3.8, 4) is 0 Å². The van der Waals surface area contributed by atoms with Crippen molar-refractivity contribution >= 4 is 17.3 Å². The number of benzene rings is 2. The van der Waals surface area contributed by atoms with Crippen LogP contribution < -0.4 is 10.6 Å². The van der Waals surface area contributed by atoms with E-state index in [-0.39, 0.29) is 5.91 Å². The van der Waals surface area contributed by atoms with Crippen molar-refractivity contribution in [2.24, 2.45) is 5.92 Å². The Bertz CT molecular complexity index is 691. The summed E-state index contributed by atoms with van der Waals surface area (Å²) < 4.78 is 5.12. The van der Waals surface area contributed by atoms with E-state index in [2.05, 4.69) is 10.6 Å². The molecule has 0 unspecified atom stereocenters. The molecule has 0 atom stereocenters. The molecule has 1 fully saturated rings. The monoisotopic (exact) mass is 338 g/mol. The Morgan fingerprint density at radius 3 is 2.52 bits per heavy atom. The van der Waals surface area contributed by atoms with Crippen LogP contribution in [0.15, 0.2) is 48.5 Å². The highest BCUT2D eigenvalue weighted by Crippen LogP contribution is 2.25. The molecule has 1 aliphatic carbocycles. The summed E-state index contributed by atoms with van der Waals surface area (Å²) in [4.78, 5) is 12.4. The molecular formula is C21H26N2O2. The number of methoxy groups -OCH3 is 1. The third-order valence-corrected chi connectivity index (χ3v) is 4.71. The van der Waals surface area contributed by atoms with Crippen LogP contribution in [0.4, 0.5) is 11.4 Å². The molecule has 132 valence electrons. The van der Waals surface area contributed by atoms with E-state index < -0.39 is 0 Å². The van der Waals surface area contributed by atoms with Crippen molar-refractivity contribution in [1.29, 1.82) is 0 Å². The molecule has 2 aromatic rings. The van der Waals surface area contributed by atoms with Gasteiger partial charge in [-0.3, -0.25) is 4.79 Å². The van der Waals surface area contributed by atoms with Gasteiger partial charge in [-0.15, -0.1) is 0 Å². The standard InChI is InChI=1S/C21H26N2O2/c1-25-15-17-7-4-8-18(13-17)21(24)23-20-11-9-19(10-12-20)22-14-16-5-2-3-6-16/h4,7-13,16,22H,2-3,5-6,14-15H2,1H3,(H,23,24). The Hall–Kier alpha value is -2.33. The van der Waals surface area contributed by atoms with Gasteiger partial charge in [0, 0.05) is 30.6 Å². The summed E-state index contributed by atoms with van der Waals surface area (Å²) in [5.41, 5.74) is 3.53. The molecule has 0 spiro atoms. The van der Waals surface area contributed by atoms with Crippen molar-refractivity contribution in [1.82, 2.24) is 0 Å². The van der Waals surface area contributed by atoms with Crippen LogP contribution in [0.25, 0.3) is 0 Å². The molecule has 0 aliphatic heterocycles. The molecule has 4 heteroatoms. The number of rotatable bonds is 7. The van der Waals surface area contributed by atoms with E-state index in [1.165, 1.54) is 25.7 Å². The first-order chi connectivity index (χ1) is 12.2. The zero-order chi connectivity index (χ0) is 17.5. The molecule has 3 rings (SSSR count). The summed E-state index contributed by atoms with van der Waals surface area (Å²) in [5.74, 6) is 0.698. The Morgan fingerprint density at radius 2 is 1.80 bits per heavy atom. The first kappa shape index (κ1) is 17.5. The zero-order valence-corrected chi connectivity index (χ0v) is 14.8. The summed E-state index contributed by atoms with van der Waals surface area (Å²) in [6.07, 6.45) is 5.40. The number of hydrogen-bond donors (Lipinski definition) is 2. The van der Waals surface area contributed by atoms with Gasteiger partial charge in [0.1, 0.15) is 0 Å². The molecule has 0 saturated heterocycles. The molecule has 0 radical (unpaired) electrons. The Morgan fingerprint density at radius 1 is 1.08 bits per heavy atom. The van der Waals surface area contributed by atoms with E-state index in [1.54, 1.807) is 7.11 Å². The maximum Gasteiger partial charge on any atom is 0.255 e. The molecule has 0 heterocycles. The third kappa shape index (κ3) is 5.07. The lowest BCUT2D eigenvalue weighted by Gasteiger charge is -2.12. The number of carbonyl (C=O) groups is 1. The minimum atomic E-state index is -0.107. The second-order valence-corrected chi connectivity index (χ2v) is 6.70. The van der Waals surface area contributed by atoms with Crippen LogP contribution in [0.1, 0.15) is 41.6 Å². The van der Waals surface area contributed by atoms with Crippen LogP contribution in [-0.4, -0.2) is 19.6 Å². The molecule has 0 bridgehead atoms. The van der Waals surface area contributed by atoms with Gasteiger partial charge in [0.25, 0.3) is 5.91 Å². The minimum absolute atomic E-state index is 0.107. The number of amides is 1. The molecule has 1 aliphatic rings. The van der Waals surface area contributed by atoms with Crippen LogP contribution in [-0.2, 0) is 11.3 Å². The van der Waals surface area contributed by atoms with E-state index in [4.69, 9.17) is 4.74 Å². The normalized spacial score (nSPS) is 14.4. The van der Waals surface area contributed by atoms with Crippen LogP contribution in [0, 0.1) is 5.92 Å². The number of anilines is 2. The Labute approximate surface area is 149 Å². The molecule has 4 nitrogen and oxygen atoms in total. The van der Waals surface area contributed by atoms with Gasteiger partial charge in [-0.1, -0.05) is 25.0 Å². The van der Waals surface area contributed by atoms with Gasteiger partial charge >= 0.3 is 0 Å². The summed E-state index contributed by atoms with van der Waals surface area (Å²) in [6, 6.07) is 15.4. The Kier molecular flexibility index (Phi) is 6.07. The molecule has 0 aromatic heterocycles. The van der Waals surface area contributed by atoms with Crippen LogP contribution >= 0.6 is 0 Å². The minimum Gasteiger partial charge on any atom is -0.385 e. The summed E-state index contributed by atoms with van der Waals surface area (Å²) >= 11 is 0. The summed E-state index contributed by atoms with van der Waals surface area (Å²) in [7, 11) is 1.65. The Balaban J connectivity index is 1.55. The van der Waals surface area contributed by atoms with Crippen LogP contribution in [0.5, 0.6) is 0 Å². The SMILES string of the molecule is COCc1cccc(C(=O)Nc2ccc(NCC3CCCC3)cc2)c1. The first-order valence-electron chi connectivity index (χ1n) is 8.98. The van der Waals surface area contributed by atoms with Gasteiger partial charge in [-0.2, -0.15) is 0 Å². The molecular weight excluding hydrogens is 312 g/mol. The molecule has 1 saturated carbocycles. The largest absolute Gasteiger partial charge is 0.385 e. The van der Waals surface area contributed by atoms with E-state index in [0.29, 0.717) is 12.2 Å². The van der Waals surface area contributed by atoms with E-state index in [0.717, 1.165) is 29.4 Å². The van der Waals surface area contributed by atoms with Crippen molar-refractivity contribution in [2.45, 2.75) is 32.3 Å². The van der Waals surface area contributed by atoms with Crippen LogP contribution in [0.3, 0.4) is 0 Å². The van der Waals surface area contributed by atoms with Gasteiger partial charge in [0.15, 0.2) is 0 Å². The third-order valence-electron chi connectivity index (χ3n) is 4.71. The first-order valence-corrected chi connectivity index (χ1v) is 8.98. The van der Waals surface area contributed by atoms with Gasteiger partial charge < -0.3 is 15.4 Å². The molecule has 25 heavy (non-hydrogen) atoms. The predicted octanol–water partition coefficient (Wildman–Crippen LogP) is 4.69. The zero-order valence-electron chi connectivity index (χ0n) is 14.8. The smallest absolute Gasteiger partial charge is 0.255 e. The van der Waals surface area contributed by atoms with Crippen molar-refractivity contribution in [2.75, 3.05) is 24.3 Å². The average Bonchev–Trinajstić information content (AvgIpc) is 3.15. The predicted molar refractivity (Wildman–Crippen MR) is 102 cm³/mol. The highest BCUT2D eigenvalue weighted by molar-refractivity contribution is 6.04. The fraction of sp³-hybridized carbons (Fsp3) is 0.381. The number of ether oxygens (including phenoxy) is 1. The van der Waals surface area contributed by atoms with Gasteiger partial charge in [-0.25, -0.2) is 0 Å². The van der Waals surface area contributed by atoms with Gasteiger partial charge in [0.05, 0.1) is 6.61 Å². The highest BCUT2D eigenvalue weighted by atomic mass is 16.5. The second kappa shape index (κ2) is 8.67. The average molecular weight is 338 g/mol. The number of nitrogens with one attached hydrogen (secondary N) is 2. The van der Waals surface area contributed by atoms with Gasteiger partial charge in [0.2, 0.25) is 0 Å².